The molecule has 27 heavy (non-hydrogen) atoms. The van der Waals surface area contributed by atoms with Gasteiger partial charge in [-0.05, 0) is 45.4 Å². The molecule has 2 unspecified atom stereocenters. The van der Waals surface area contributed by atoms with E-state index in [2.05, 4.69) is 37.2 Å². The van der Waals surface area contributed by atoms with Crippen LogP contribution < -0.4 is 10.6 Å². The fourth-order valence-corrected chi connectivity index (χ4v) is 4.92. The zero-order valence-electron chi connectivity index (χ0n) is 17.0. The molecule has 1 saturated carbocycles. The Morgan fingerprint density at radius 3 is 2.81 bits per heavy atom. The Morgan fingerprint density at radius 1 is 1.15 bits per heavy atom. The molecule has 0 radical (unpaired) electrons. The van der Waals surface area contributed by atoms with Crippen molar-refractivity contribution in [2.75, 3.05) is 26.2 Å². The molecule has 0 aromatic carbocycles. The highest BCUT2D eigenvalue weighted by molar-refractivity contribution is 5.80. The third-order valence-electron chi connectivity index (χ3n) is 6.48. The summed E-state index contributed by atoms with van der Waals surface area (Å²) in [5.74, 6) is 3.72. The van der Waals surface area contributed by atoms with Gasteiger partial charge in [0.05, 0.1) is 0 Å². The summed E-state index contributed by atoms with van der Waals surface area (Å²) in [4.78, 5) is 7.63. The third kappa shape index (κ3) is 4.45. The molecule has 1 saturated heterocycles. The Kier molecular flexibility index (Phi) is 5.95. The molecule has 1 aliphatic carbocycles. The lowest BCUT2D eigenvalue weighted by Crippen LogP contribution is -2.45. The number of likely N-dealkylation sites (tertiary alicyclic amines) is 1. The van der Waals surface area contributed by atoms with E-state index in [4.69, 9.17) is 4.99 Å². The summed E-state index contributed by atoms with van der Waals surface area (Å²) in [6, 6.07) is 1.36. The number of hydrogen-bond acceptors (Lipinski definition) is 4. The summed E-state index contributed by atoms with van der Waals surface area (Å²) in [5, 5.41) is 15.6. The van der Waals surface area contributed by atoms with Crippen LogP contribution in [0.4, 0.5) is 0 Å². The highest BCUT2D eigenvalue weighted by Crippen LogP contribution is 2.26. The monoisotopic (exact) mass is 373 g/mol. The SMILES string of the molecule is CCNC(=NCC1CCc2nnc(C)n2C1)NC1CCN(C2CCCC2)C1. The summed E-state index contributed by atoms with van der Waals surface area (Å²) in [6.45, 7) is 9.36. The van der Waals surface area contributed by atoms with E-state index in [1.165, 1.54) is 45.2 Å². The van der Waals surface area contributed by atoms with Crippen LogP contribution in [0.1, 0.15) is 57.1 Å². The number of guanidine groups is 1. The molecule has 0 amide bonds. The first-order chi connectivity index (χ1) is 13.2. The Labute approximate surface area is 163 Å². The van der Waals surface area contributed by atoms with Crippen molar-refractivity contribution in [3.05, 3.63) is 11.6 Å². The molecule has 1 aromatic heterocycles. The van der Waals surface area contributed by atoms with Crippen LogP contribution in [0.5, 0.6) is 0 Å². The van der Waals surface area contributed by atoms with Crippen molar-refractivity contribution in [2.24, 2.45) is 10.9 Å². The van der Waals surface area contributed by atoms with Gasteiger partial charge in [0.1, 0.15) is 11.6 Å². The van der Waals surface area contributed by atoms with E-state index < -0.39 is 0 Å². The summed E-state index contributed by atoms with van der Waals surface area (Å²) in [7, 11) is 0. The van der Waals surface area contributed by atoms with Crippen molar-refractivity contribution in [1.82, 2.24) is 30.3 Å². The molecule has 7 heteroatoms. The summed E-state index contributed by atoms with van der Waals surface area (Å²) >= 11 is 0. The molecule has 0 spiro atoms. The number of nitrogens with zero attached hydrogens (tertiary/aromatic N) is 5. The van der Waals surface area contributed by atoms with E-state index in [0.29, 0.717) is 12.0 Å². The molecule has 7 nitrogen and oxygen atoms in total. The topological polar surface area (TPSA) is 70.4 Å². The molecule has 4 rings (SSSR count). The predicted octanol–water partition coefficient (Wildman–Crippen LogP) is 1.72. The highest BCUT2D eigenvalue weighted by Gasteiger charge is 2.30. The largest absolute Gasteiger partial charge is 0.357 e. The Balaban J connectivity index is 1.30. The number of aliphatic imine (C=N–C) groups is 1. The van der Waals surface area contributed by atoms with Crippen LogP contribution in [-0.4, -0.2) is 63.9 Å². The number of fused-ring (bicyclic) bond motifs is 1. The average molecular weight is 374 g/mol. The number of nitrogens with one attached hydrogen (secondary N) is 2. The van der Waals surface area contributed by atoms with Gasteiger partial charge >= 0.3 is 0 Å². The normalized spacial score (nSPS) is 27.1. The van der Waals surface area contributed by atoms with Crippen LogP contribution in [0.2, 0.25) is 0 Å². The van der Waals surface area contributed by atoms with Crippen LogP contribution >= 0.6 is 0 Å². The van der Waals surface area contributed by atoms with Crippen molar-refractivity contribution in [1.29, 1.82) is 0 Å². The van der Waals surface area contributed by atoms with Crippen molar-refractivity contribution < 1.29 is 0 Å². The van der Waals surface area contributed by atoms with Gasteiger partial charge in [0, 0.05) is 51.2 Å². The standard InChI is InChI=1S/C20H35N7/c1-3-21-20(23-17-10-11-26(14-17)18-6-4-5-7-18)22-12-16-8-9-19-25-24-15(2)27(19)13-16/h16-18H,3-14H2,1-2H3,(H2,21,22,23). The smallest absolute Gasteiger partial charge is 0.191 e. The van der Waals surface area contributed by atoms with E-state index in [0.717, 1.165) is 56.1 Å². The summed E-state index contributed by atoms with van der Waals surface area (Å²) in [5.41, 5.74) is 0. The van der Waals surface area contributed by atoms with Gasteiger partial charge < -0.3 is 15.2 Å². The minimum absolute atomic E-state index is 0.529. The molecule has 2 atom stereocenters. The Morgan fingerprint density at radius 2 is 2.00 bits per heavy atom. The van der Waals surface area contributed by atoms with Gasteiger partial charge in [-0.3, -0.25) is 9.89 Å². The molecule has 150 valence electrons. The van der Waals surface area contributed by atoms with Crippen LogP contribution in [0.15, 0.2) is 4.99 Å². The van der Waals surface area contributed by atoms with E-state index in [1.807, 2.05) is 6.92 Å². The second-order valence-electron chi connectivity index (χ2n) is 8.46. The lowest BCUT2D eigenvalue weighted by molar-refractivity contribution is 0.242. The maximum absolute atomic E-state index is 4.93. The van der Waals surface area contributed by atoms with Gasteiger partial charge in [-0.2, -0.15) is 0 Å². The molecule has 2 aliphatic heterocycles. The van der Waals surface area contributed by atoms with Crippen LogP contribution in [-0.2, 0) is 13.0 Å². The fraction of sp³-hybridized carbons (Fsp3) is 0.850. The molecule has 2 fully saturated rings. The average Bonchev–Trinajstić information content (AvgIpc) is 3.41. The minimum atomic E-state index is 0.529. The van der Waals surface area contributed by atoms with Crippen LogP contribution in [0.25, 0.3) is 0 Å². The Hall–Kier alpha value is -1.63. The molecule has 3 heterocycles. The highest BCUT2D eigenvalue weighted by atomic mass is 15.3. The van der Waals surface area contributed by atoms with Crippen molar-refractivity contribution >= 4 is 5.96 Å². The minimum Gasteiger partial charge on any atom is -0.357 e. The number of aryl methyl sites for hydroxylation is 2. The molecule has 2 N–H and O–H groups in total. The van der Waals surface area contributed by atoms with Gasteiger partial charge in [0.25, 0.3) is 0 Å². The van der Waals surface area contributed by atoms with Gasteiger partial charge in [0.2, 0.25) is 0 Å². The zero-order valence-corrected chi connectivity index (χ0v) is 17.0. The van der Waals surface area contributed by atoms with Crippen molar-refractivity contribution in [3.63, 3.8) is 0 Å². The molecular formula is C20H35N7. The number of aromatic nitrogens is 3. The Bertz CT molecular complexity index is 647. The first kappa shape index (κ1) is 18.7. The molecule has 0 bridgehead atoms. The first-order valence-electron chi connectivity index (χ1n) is 10.9. The van der Waals surface area contributed by atoms with E-state index in [9.17, 15) is 0 Å². The van der Waals surface area contributed by atoms with Crippen molar-refractivity contribution in [2.45, 2.75) is 77.4 Å². The lowest BCUT2D eigenvalue weighted by atomic mass is 9.99. The van der Waals surface area contributed by atoms with Gasteiger partial charge in [-0.25, -0.2) is 0 Å². The fourth-order valence-electron chi connectivity index (χ4n) is 4.92. The lowest BCUT2D eigenvalue weighted by Gasteiger charge is -2.25. The van der Waals surface area contributed by atoms with Crippen molar-refractivity contribution in [3.8, 4) is 0 Å². The summed E-state index contributed by atoms with van der Waals surface area (Å²) in [6.07, 6.45) is 9.02. The van der Waals surface area contributed by atoms with E-state index in [-0.39, 0.29) is 0 Å². The molecule has 1 aromatic rings. The summed E-state index contributed by atoms with van der Waals surface area (Å²) < 4.78 is 2.26. The van der Waals surface area contributed by atoms with Crippen LogP contribution in [0.3, 0.4) is 0 Å². The molecule has 3 aliphatic rings. The second kappa shape index (κ2) is 8.59. The van der Waals surface area contributed by atoms with E-state index >= 15 is 0 Å². The van der Waals surface area contributed by atoms with Gasteiger partial charge in [-0.1, -0.05) is 12.8 Å². The third-order valence-corrected chi connectivity index (χ3v) is 6.48. The number of rotatable bonds is 5. The zero-order chi connectivity index (χ0) is 18.6. The molecular weight excluding hydrogens is 338 g/mol. The maximum atomic E-state index is 4.93. The predicted molar refractivity (Wildman–Crippen MR) is 108 cm³/mol. The first-order valence-corrected chi connectivity index (χ1v) is 10.9. The number of hydrogen-bond donors (Lipinski definition) is 2. The van der Waals surface area contributed by atoms with Gasteiger partial charge in [-0.15, -0.1) is 10.2 Å². The van der Waals surface area contributed by atoms with Gasteiger partial charge in [0.15, 0.2) is 5.96 Å². The second-order valence-corrected chi connectivity index (χ2v) is 8.46. The maximum Gasteiger partial charge on any atom is 0.191 e. The van der Waals surface area contributed by atoms with Crippen LogP contribution in [0, 0.1) is 12.8 Å². The quantitative estimate of drug-likeness (QED) is 0.607. The van der Waals surface area contributed by atoms with E-state index in [1.54, 1.807) is 0 Å².